The minimum atomic E-state index is -3.55. The van der Waals surface area contributed by atoms with Gasteiger partial charge in [0.15, 0.2) is 5.65 Å². The second-order valence-electron chi connectivity index (χ2n) is 9.10. The van der Waals surface area contributed by atoms with E-state index in [1.807, 2.05) is 0 Å². The number of nitrogens with zero attached hydrogens (tertiary/aromatic N) is 6. The SMILES string of the molecule is O=C(NCCn1ncc2c(=O)n(Cc3cccc([N+](=O)[O-])c3)cnc21)c1ccc(S(=O)(=O)N2CCCC2)cc1. The van der Waals surface area contributed by atoms with Crippen LogP contribution in [0, 0.1) is 10.1 Å². The van der Waals surface area contributed by atoms with Crippen LogP contribution < -0.4 is 10.9 Å². The third-order valence-corrected chi connectivity index (χ3v) is 8.44. The highest BCUT2D eigenvalue weighted by molar-refractivity contribution is 7.89. The molecule has 39 heavy (non-hydrogen) atoms. The highest BCUT2D eigenvalue weighted by Gasteiger charge is 2.27. The van der Waals surface area contributed by atoms with E-state index in [2.05, 4.69) is 15.4 Å². The maximum Gasteiger partial charge on any atom is 0.269 e. The van der Waals surface area contributed by atoms with Gasteiger partial charge in [0, 0.05) is 37.3 Å². The fourth-order valence-electron chi connectivity index (χ4n) is 4.47. The summed E-state index contributed by atoms with van der Waals surface area (Å²) in [5.41, 5.74) is 0.853. The lowest BCUT2D eigenvalue weighted by Crippen LogP contribution is -2.29. The molecule has 3 heterocycles. The molecule has 1 aliphatic rings. The van der Waals surface area contributed by atoms with Crippen LogP contribution in [0.1, 0.15) is 28.8 Å². The molecule has 14 heteroatoms. The van der Waals surface area contributed by atoms with Crippen molar-refractivity contribution < 1.29 is 18.1 Å². The first kappa shape index (κ1) is 26.2. The molecule has 0 bridgehead atoms. The number of benzene rings is 2. The van der Waals surface area contributed by atoms with Crippen molar-refractivity contribution in [3.63, 3.8) is 0 Å². The average molecular weight is 552 g/mol. The fraction of sp³-hybridized carbons (Fsp3) is 0.280. The van der Waals surface area contributed by atoms with Crippen LogP contribution >= 0.6 is 0 Å². The summed E-state index contributed by atoms with van der Waals surface area (Å²) in [5, 5.41) is 18.3. The molecule has 0 unspecified atom stereocenters. The number of carbonyl (C=O) groups excluding carboxylic acids is 1. The van der Waals surface area contributed by atoms with E-state index in [4.69, 9.17) is 0 Å². The number of non-ortho nitro benzene ring substituents is 1. The van der Waals surface area contributed by atoms with Crippen molar-refractivity contribution in [3.05, 3.63) is 92.7 Å². The van der Waals surface area contributed by atoms with Crippen LogP contribution in [0.2, 0.25) is 0 Å². The lowest BCUT2D eigenvalue weighted by Gasteiger charge is -2.15. The monoisotopic (exact) mass is 551 g/mol. The Bertz CT molecular complexity index is 1710. The van der Waals surface area contributed by atoms with Gasteiger partial charge in [0.1, 0.15) is 11.7 Å². The van der Waals surface area contributed by atoms with Gasteiger partial charge in [-0.1, -0.05) is 12.1 Å². The summed E-state index contributed by atoms with van der Waals surface area (Å²) in [7, 11) is -3.55. The molecule has 1 fully saturated rings. The zero-order valence-electron chi connectivity index (χ0n) is 20.8. The Morgan fingerprint density at radius 1 is 1.10 bits per heavy atom. The standard InChI is InChI=1S/C25H25N7O6S/c33-24(19-6-8-21(9-7-19)39(37,38)30-11-1-2-12-30)26-10-13-31-23-22(15-28-31)25(34)29(17-27-23)16-18-4-3-5-20(14-18)32(35)36/h3-9,14-15,17H,1-2,10-13,16H2,(H,26,33). The smallest absolute Gasteiger partial charge is 0.269 e. The molecular weight excluding hydrogens is 526 g/mol. The van der Waals surface area contributed by atoms with Crippen molar-refractivity contribution in [1.29, 1.82) is 0 Å². The predicted molar refractivity (Wildman–Crippen MR) is 141 cm³/mol. The van der Waals surface area contributed by atoms with Gasteiger partial charge >= 0.3 is 0 Å². The van der Waals surface area contributed by atoms with Crippen molar-refractivity contribution in [3.8, 4) is 0 Å². The van der Waals surface area contributed by atoms with Gasteiger partial charge in [0.25, 0.3) is 17.2 Å². The lowest BCUT2D eigenvalue weighted by atomic mass is 10.2. The Balaban J connectivity index is 1.22. The number of aromatic nitrogens is 4. The molecular formula is C25H25N7O6S. The Kier molecular flexibility index (Phi) is 7.21. The van der Waals surface area contributed by atoms with Gasteiger partial charge in [-0.25, -0.2) is 18.1 Å². The van der Waals surface area contributed by atoms with Gasteiger partial charge in [0.05, 0.1) is 29.1 Å². The summed E-state index contributed by atoms with van der Waals surface area (Å²) in [5.74, 6) is -0.371. The molecule has 1 saturated heterocycles. The molecule has 1 amide bonds. The van der Waals surface area contributed by atoms with Crippen molar-refractivity contribution >= 4 is 32.7 Å². The minimum absolute atomic E-state index is 0.0625. The molecule has 0 radical (unpaired) electrons. The highest BCUT2D eigenvalue weighted by atomic mass is 32.2. The molecule has 5 rings (SSSR count). The summed E-state index contributed by atoms with van der Waals surface area (Å²) >= 11 is 0. The number of fused-ring (bicyclic) bond motifs is 1. The van der Waals surface area contributed by atoms with Gasteiger partial charge in [-0.05, 0) is 42.7 Å². The molecule has 202 valence electrons. The van der Waals surface area contributed by atoms with Crippen LogP contribution in [-0.2, 0) is 23.1 Å². The summed E-state index contributed by atoms with van der Waals surface area (Å²) in [4.78, 5) is 40.5. The second-order valence-corrected chi connectivity index (χ2v) is 11.0. The number of hydrogen-bond donors (Lipinski definition) is 1. The Labute approximate surface area is 222 Å². The first-order valence-electron chi connectivity index (χ1n) is 12.3. The third-order valence-electron chi connectivity index (χ3n) is 6.53. The van der Waals surface area contributed by atoms with Crippen LogP contribution in [0.4, 0.5) is 5.69 Å². The first-order chi connectivity index (χ1) is 18.7. The van der Waals surface area contributed by atoms with Crippen molar-refractivity contribution in [2.45, 2.75) is 30.8 Å². The van der Waals surface area contributed by atoms with E-state index in [-0.39, 0.29) is 47.1 Å². The van der Waals surface area contributed by atoms with Gasteiger partial charge in [0.2, 0.25) is 10.0 Å². The van der Waals surface area contributed by atoms with Crippen molar-refractivity contribution in [2.24, 2.45) is 0 Å². The number of hydrogen-bond acceptors (Lipinski definition) is 8. The van der Waals surface area contributed by atoms with Crippen LogP contribution in [0.3, 0.4) is 0 Å². The molecule has 2 aromatic carbocycles. The number of carbonyl (C=O) groups is 1. The Morgan fingerprint density at radius 2 is 1.85 bits per heavy atom. The quantitative estimate of drug-likeness (QED) is 0.243. The van der Waals surface area contributed by atoms with E-state index in [1.54, 1.807) is 12.1 Å². The lowest BCUT2D eigenvalue weighted by molar-refractivity contribution is -0.384. The second kappa shape index (κ2) is 10.7. The Hall–Kier alpha value is -4.43. The summed E-state index contributed by atoms with van der Waals surface area (Å²) in [6.07, 6.45) is 4.45. The van der Waals surface area contributed by atoms with Crippen LogP contribution in [-0.4, -0.2) is 62.5 Å². The average Bonchev–Trinajstić information content (AvgIpc) is 3.62. The van der Waals surface area contributed by atoms with Crippen LogP contribution in [0.15, 0.2) is 70.7 Å². The van der Waals surface area contributed by atoms with Gasteiger partial charge < -0.3 is 5.32 Å². The molecule has 4 aromatic rings. The van der Waals surface area contributed by atoms with E-state index < -0.39 is 14.9 Å². The van der Waals surface area contributed by atoms with Crippen molar-refractivity contribution in [2.75, 3.05) is 19.6 Å². The van der Waals surface area contributed by atoms with E-state index in [0.29, 0.717) is 29.9 Å². The van der Waals surface area contributed by atoms with Crippen LogP contribution in [0.5, 0.6) is 0 Å². The zero-order chi connectivity index (χ0) is 27.6. The Morgan fingerprint density at radius 3 is 2.56 bits per heavy atom. The molecule has 0 saturated carbocycles. The topological polar surface area (TPSA) is 162 Å². The van der Waals surface area contributed by atoms with Gasteiger partial charge in [-0.2, -0.15) is 9.40 Å². The zero-order valence-corrected chi connectivity index (χ0v) is 21.6. The number of nitrogens with one attached hydrogen (secondary N) is 1. The molecule has 0 aliphatic carbocycles. The number of nitro benzene ring substituents is 1. The molecule has 1 aliphatic heterocycles. The largest absolute Gasteiger partial charge is 0.350 e. The predicted octanol–water partition coefficient (Wildman–Crippen LogP) is 1.76. The van der Waals surface area contributed by atoms with E-state index in [9.17, 15) is 28.1 Å². The van der Waals surface area contributed by atoms with E-state index in [1.165, 1.54) is 62.5 Å². The minimum Gasteiger partial charge on any atom is -0.350 e. The number of rotatable bonds is 9. The van der Waals surface area contributed by atoms with Gasteiger partial charge in [-0.15, -0.1) is 0 Å². The summed E-state index contributed by atoms with van der Waals surface area (Å²) < 4.78 is 29.6. The fourth-order valence-corrected chi connectivity index (χ4v) is 5.99. The van der Waals surface area contributed by atoms with E-state index >= 15 is 0 Å². The number of sulfonamides is 1. The van der Waals surface area contributed by atoms with Crippen LogP contribution in [0.25, 0.3) is 11.0 Å². The third kappa shape index (κ3) is 5.42. The van der Waals surface area contributed by atoms with Crippen molar-refractivity contribution in [1.82, 2.24) is 29.0 Å². The van der Waals surface area contributed by atoms with E-state index in [0.717, 1.165) is 12.8 Å². The normalized spacial score (nSPS) is 14.1. The molecule has 0 spiro atoms. The summed E-state index contributed by atoms with van der Waals surface area (Å²) in [6, 6.07) is 11.9. The molecule has 13 nitrogen and oxygen atoms in total. The number of nitro groups is 1. The van der Waals surface area contributed by atoms with Gasteiger partial charge in [-0.3, -0.25) is 24.3 Å². The number of amides is 1. The highest BCUT2D eigenvalue weighted by Crippen LogP contribution is 2.21. The molecule has 2 aromatic heterocycles. The maximum absolute atomic E-state index is 12.9. The molecule has 1 N–H and O–H groups in total. The maximum atomic E-state index is 12.9. The summed E-state index contributed by atoms with van der Waals surface area (Å²) in [6.45, 7) is 1.57. The first-order valence-corrected chi connectivity index (χ1v) is 13.7. The molecule has 0 atom stereocenters.